The van der Waals surface area contributed by atoms with Crippen LogP contribution in [0, 0.1) is 0 Å². The summed E-state index contributed by atoms with van der Waals surface area (Å²) in [5.41, 5.74) is 2.20. The van der Waals surface area contributed by atoms with Crippen LogP contribution in [0.4, 0.5) is 17.2 Å². The molecular weight excluding hydrogens is 476 g/mol. The number of hydrogen-bond donors (Lipinski definition) is 1. The molecule has 0 bridgehead atoms. The molecule has 1 saturated heterocycles. The lowest BCUT2D eigenvalue weighted by Crippen LogP contribution is -2.47. The molecule has 7 nitrogen and oxygen atoms in total. The number of hydrogen-bond acceptors (Lipinski definition) is 6. The van der Waals surface area contributed by atoms with Crippen LogP contribution >= 0.6 is 11.6 Å². The summed E-state index contributed by atoms with van der Waals surface area (Å²) in [6, 6.07) is 21.1. The molecule has 2 heterocycles. The molecule has 0 spiro atoms. The van der Waals surface area contributed by atoms with E-state index >= 15 is 0 Å². The number of ether oxygens (including phenoxy) is 2. The predicted octanol–water partition coefficient (Wildman–Crippen LogP) is 5.48. The third-order valence-electron chi connectivity index (χ3n) is 6.43. The van der Waals surface area contributed by atoms with Crippen LogP contribution in [0.5, 0.6) is 11.5 Å². The van der Waals surface area contributed by atoms with Gasteiger partial charge >= 0.3 is 0 Å². The minimum atomic E-state index is -0.243. The van der Waals surface area contributed by atoms with Gasteiger partial charge in [0.25, 0.3) is 5.91 Å². The topological polar surface area (TPSA) is 66.9 Å². The van der Waals surface area contributed by atoms with Crippen LogP contribution in [0.25, 0.3) is 10.8 Å². The number of methoxy groups -OCH3 is 2. The Morgan fingerprint density at radius 1 is 0.861 bits per heavy atom. The average Bonchev–Trinajstić information content (AvgIpc) is 2.92. The second kappa shape index (κ2) is 10.3. The van der Waals surface area contributed by atoms with E-state index in [2.05, 4.69) is 21.2 Å². The summed E-state index contributed by atoms with van der Waals surface area (Å²) >= 11 is 6.22. The van der Waals surface area contributed by atoms with Crippen molar-refractivity contribution in [1.82, 2.24) is 4.98 Å². The number of nitrogens with zero attached hydrogens (tertiary/aromatic N) is 3. The first-order valence-corrected chi connectivity index (χ1v) is 12.1. The van der Waals surface area contributed by atoms with Crippen LogP contribution in [0.1, 0.15) is 10.4 Å². The van der Waals surface area contributed by atoms with Crippen molar-refractivity contribution >= 4 is 45.5 Å². The summed E-state index contributed by atoms with van der Waals surface area (Å²) in [6.45, 7) is 3.31. The Kier molecular flexibility index (Phi) is 6.82. The largest absolute Gasteiger partial charge is 0.495 e. The van der Waals surface area contributed by atoms with Crippen LogP contribution in [0.2, 0.25) is 5.02 Å². The fourth-order valence-corrected chi connectivity index (χ4v) is 4.86. The van der Waals surface area contributed by atoms with Gasteiger partial charge in [0.15, 0.2) is 0 Å². The molecule has 0 atom stereocenters. The van der Waals surface area contributed by atoms with Gasteiger partial charge in [-0.05, 0) is 35.7 Å². The number of rotatable bonds is 6. The molecule has 4 aromatic rings. The summed E-state index contributed by atoms with van der Waals surface area (Å²) in [4.78, 5) is 22.5. The standard InChI is InChI=1S/C28H27ClN4O3/c1-35-25-12-11-19(17-23(25)29)31-28(34)22-18-30-27(21-8-4-3-7-20(21)22)33-15-13-32(14-16-33)24-9-5-6-10-26(24)36-2/h3-12,17-18H,13-16H2,1-2H3,(H,31,34). The normalized spacial score (nSPS) is 13.5. The van der Waals surface area contributed by atoms with Crippen molar-refractivity contribution in [3.63, 3.8) is 0 Å². The van der Waals surface area contributed by atoms with Crippen LogP contribution in [-0.4, -0.2) is 51.3 Å². The first-order valence-electron chi connectivity index (χ1n) is 11.7. The Hall–Kier alpha value is -3.97. The second-order valence-electron chi connectivity index (χ2n) is 8.49. The Bertz CT molecular complexity index is 1400. The zero-order chi connectivity index (χ0) is 25.1. The van der Waals surface area contributed by atoms with Gasteiger partial charge in [0.05, 0.1) is 30.5 Å². The number of aromatic nitrogens is 1. The first-order chi connectivity index (χ1) is 17.6. The van der Waals surface area contributed by atoms with Crippen molar-refractivity contribution < 1.29 is 14.3 Å². The maximum Gasteiger partial charge on any atom is 0.257 e. The summed E-state index contributed by atoms with van der Waals surface area (Å²) in [5.74, 6) is 2.07. The minimum Gasteiger partial charge on any atom is -0.495 e. The third-order valence-corrected chi connectivity index (χ3v) is 6.73. The van der Waals surface area contributed by atoms with Crippen LogP contribution in [-0.2, 0) is 0 Å². The van der Waals surface area contributed by atoms with E-state index in [1.807, 2.05) is 42.5 Å². The Morgan fingerprint density at radius 3 is 2.25 bits per heavy atom. The summed E-state index contributed by atoms with van der Waals surface area (Å²) in [5, 5.41) is 5.16. The van der Waals surface area contributed by atoms with Gasteiger partial charge in [-0.15, -0.1) is 0 Å². The molecule has 0 aliphatic carbocycles. The molecule has 1 aromatic heterocycles. The van der Waals surface area contributed by atoms with E-state index in [1.165, 1.54) is 0 Å². The second-order valence-corrected chi connectivity index (χ2v) is 8.90. The van der Waals surface area contributed by atoms with Gasteiger partial charge in [0, 0.05) is 43.4 Å². The molecule has 0 unspecified atom stereocenters. The Balaban J connectivity index is 1.37. The maximum absolute atomic E-state index is 13.2. The van der Waals surface area contributed by atoms with Gasteiger partial charge in [-0.3, -0.25) is 4.79 Å². The van der Waals surface area contributed by atoms with Crippen molar-refractivity contribution in [3.05, 3.63) is 83.5 Å². The number of fused-ring (bicyclic) bond motifs is 1. The minimum absolute atomic E-state index is 0.243. The molecule has 1 aliphatic rings. The number of carbonyl (C=O) groups excluding carboxylic acids is 1. The summed E-state index contributed by atoms with van der Waals surface area (Å²) in [7, 11) is 3.25. The van der Waals surface area contributed by atoms with Gasteiger partial charge in [-0.2, -0.15) is 0 Å². The van der Waals surface area contributed by atoms with Crippen molar-refractivity contribution in [3.8, 4) is 11.5 Å². The highest BCUT2D eigenvalue weighted by molar-refractivity contribution is 6.32. The molecule has 0 saturated carbocycles. The molecule has 1 N–H and O–H groups in total. The molecule has 184 valence electrons. The number of anilines is 3. The molecule has 1 aliphatic heterocycles. The number of para-hydroxylation sites is 2. The van der Waals surface area contributed by atoms with Crippen LogP contribution in [0.15, 0.2) is 72.9 Å². The number of piperazine rings is 1. The van der Waals surface area contributed by atoms with E-state index in [0.29, 0.717) is 22.0 Å². The highest BCUT2D eigenvalue weighted by Gasteiger charge is 2.23. The zero-order valence-electron chi connectivity index (χ0n) is 20.2. The smallest absolute Gasteiger partial charge is 0.257 e. The quantitative estimate of drug-likeness (QED) is 0.376. The first kappa shape index (κ1) is 23.8. The van der Waals surface area contributed by atoms with Crippen LogP contribution < -0.4 is 24.6 Å². The summed E-state index contributed by atoms with van der Waals surface area (Å²) < 4.78 is 10.7. The van der Waals surface area contributed by atoms with E-state index in [-0.39, 0.29) is 5.91 Å². The highest BCUT2D eigenvalue weighted by atomic mass is 35.5. The van der Waals surface area contributed by atoms with Crippen molar-refractivity contribution in [2.24, 2.45) is 0 Å². The van der Waals surface area contributed by atoms with Crippen molar-refractivity contribution in [2.75, 3.05) is 55.5 Å². The molecule has 8 heteroatoms. The van der Waals surface area contributed by atoms with Gasteiger partial charge in [0.1, 0.15) is 17.3 Å². The molecular formula is C28H27ClN4O3. The number of pyridine rings is 1. The maximum atomic E-state index is 13.2. The monoisotopic (exact) mass is 502 g/mol. The lowest BCUT2D eigenvalue weighted by atomic mass is 10.1. The Labute approximate surface area is 215 Å². The number of nitrogens with one attached hydrogen (secondary N) is 1. The molecule has 1 amide bonds. The van der Waals surface area contributed by atoms with E-state index in [0.717, 1.165) is 54.2 Å². The predicted molar refractivity (Wildman–Crippen MR) is 145 cm³/mol. The molecule has 3 aromatic carbocycles. The van der Waals surface area contributed by atoms with Crippen molar-refractivity contribution in [1.29, 1.82) is 0 Å². The molecule has 36 heavy (non-hydrogen) atoms. The fourth-order valence-electron chi connectivity index (χ4n) is 4.60. The number of amides is 1. The van der Waals surface area contributed by atoms with E-state index in [4.69, 9.17) is 26.1 Å². The SMILES string of the molecule is COc1ccc(NC(=O)c2cnc(N3CCN(c4ccccc4OC)CC3)c3ccccc23)cc1Cl. The Morgan fingerprint density at radius 2 is 1.53 bits per heavy atom. The molecule has 0 radical (unpaired) electrons. The fraction of sp³-hybridized carbons (Fsp3) is 0.214. The lowest BCUT2D eigenvalue weighted by molar-refractivity contribution is 0.102. The van der Waals surface area contributed by atoms with Gasteiger partial charge in [0.2, 0.25) is 0 Å². The highest BCUT2D eigenvalue weighted by Crippen LogP contribution is 2.32. The average molecular weight is 503 g/mol. The third kappa shape index (κ3) is 4.62. The number of halogens is 1. The van der Waals surface area contributed by atoms with Crippen molar-refractivity contribution in [2.45, 2.75) is 0 Å². The van der Waals surface area contributed by atoms with Gasteiger partial charge < -0.3 is 24.6 Å². The van der Waals surface area contributed by atoms with Gasteiger partial charge in [-0.25, -0.2) is 4.98 Å². The molecule has 1 fully saturated rings. The summed E-state index contributed by atoms with van der Waals surface area (Å²) in [6.07, 6.45) is 1.66. The van der Waals surface area contributed by atoms with E-state index < -0.39 is 0 Å². The van der Waals surface area contributed by atoms with E-state index in [9.17, 15) is 4.79 Å². The number of carbonyl (C=O) groups is 1. The van der Waals surface area contributed by atoms with Crippen LogP contribution in [0.3, 0.4) is 0 Å². The van der Waals surface area contributed by atoms with Gasteiger partial charge in [-0.1, -0.05) is 48.0 Å². The lowest BCUT2D eigenvalue weighted by Gasteiger charge is -2.37. The zero-order valence-corrected chi connectivity index (χ0v) is 21.0. The number of benzene rings is 3. The van der Waals surface area contributed by atoms with E-state index in [1.54, 1.807) is 38.6 Å². The molecule has 5 rings (SSSR count).